The number of fused-ring (bicyclic) bond motifs is 1. The lowest BCUT2D eigenvalue weighted by Gasteiger charge is -2.09. The standard InChI is InChI=1S/C17H17BrN4O/c1-9-7-12(5-6-15(9)18)20-17(23)14-8-13-11(3)21-22(4)16(13)19-10(14)2/h5-8H,1-4H3,(H,20,23). The van der Waals surface area contributed by atoms with E-state index in [0.717, 1.165) is 32.5 Å². The lowest BCUT2D eigenvalue weighted by molar-refractivity contribution is 0.102. The zero-order valence-corrected chi connectivity index (χ0v) is 15.0. The normalized spacial score (nSPS) is 11.0. The number of anilines is 1. The van der Waals surface area contributed by atoms with Gasteiger partial charge in [-0.15, -0.1) is 0 Å². The summed E-state index contributed by atoms with van der Waals surface area (Å²) < 4.78 is 2.75. The second kappa shape index (κ2) is 5.77. The number of nitrogens with zero attached hydrogens (tertiary/aromatic N) is 3. The predicted molar refractivity (Wildman–Crippen MR) is 94.8 cm³/mol. The molecular weight excluding hydrogens is 356 g/mol. The number of halogens is 1. The van der Waals surface area contributed by atoms with Crippen LogP contribution < -0.4 is 5.32 Å². The van der Waals surface area contributed by atoms with E-state index in [9.17, 15) is 4.79 Å². The molecule has 0 spiro atoms. The Labute approximate surface area is 142 Å². The molecule has 2 aromatic heterocycles. The van der Waals surface area contributed by atoms with Crippen LogP contribution in [0.15, 0.2) is 28.7 Å². The first kappa shape index (κ1) is 15.7. The first-order valence-electron chi connectivity index (χ1n) is 7.25. The highest BCUT2D eigenvalue weighted by molar-refractivity contribution is 9.10. The van der Waals surface area contributed by atoms with Gasteiger partial charge in [0.25, 0.3) is 5.91 Å². The highest BCUT2D eigenvalue weighted by atomic mass is 79.9. The van der Waals surface area contributed by atoms with Crippen molar-refractivity contribution in [1.29, 1.82) is 0 Å². The number of carbonyl (C=O) groups is 1. The van der Waals surface area contributed by atoms with Crippen LogP contribution in [0.3, 0.4) is 0 Å². The molecule has 3 aromatic rings. The average molecular weight is 373 g/mol. The van der Waals surface area contributed by atoms with Gasteiger partial charge in [0.15, 0.2) is 5.65 Å². The van der Waals surface area contributed by atoms with Gasteiger partial charge in [-0.2, -0.15) is 5.10 Å². The van der Waals surface area contributed by atoms with Gasteiger partial charge in [0.1, 0.15) is 0 Å². The van der Waals surface area contributed by atoms with Crippen LogP contribution in [0.2, 0.25) is 0 Å². The molecule has 5 nitrogen and oxygen atoms in total. The lowest BCUT2D eigenvalue weighted by Crippen LogP contribution is -2.14. The maximum Gasteiger partial charge on any atom is 0.257 e. The molecule has 0 saturated carbocycles. The van der Waals surface area contributed by atoms with Crippen molar-refractivity contribution in [3.63, 3.8) is 0 Å². The summed E-state index contributed by atoms with van der Waals surface area (Å²) in [4.78, 5) is 17.1. The second-order valence-electron chi connectivity index (χ2n) is 5.62. The smallest absolute Gasteiger partial charge is 0.257 e. The van der Waals surface area contributed by atoms with E-state index in [4.69, 9.17) is 0 Å². The second-order valence-corrected chi connectivity index (χ2v) is 6.47. The molecule has 1 amide bonds. The summed E-state index contributed by atoms with van der Waals surface area (Å²) in [5.41, 5.74) is 4.73. The van der Waals surface area contributed by atoms with Crippen LogP contribution in [0.4, 0.5) is 5.69 Å². The number of carbonyl (C=O) groups excluding carboxylic acids is 1. The average Bonchev–Trinajstić information content (AvgIpc) is 2.76. The molecule has 0 unspecified atom stereocenters. The number of benzene rings is 1. The fourth-order valence-corrected chi connectivity index (χ4v) is 2.83. The van der Waals surface area contributed by atoms with Gasteiger partial charge in [0.2, 0.25) is 0 Å². The van der Waals surface area contributed by atoms with Gasteiger partial charge in [-0.1, -0.05) is 15.9 Å². The molecule has 0 fully saturated rings. The zero-order valence-electron chi connectivity index (χ0n) is 13.4. The van der Waals surface area contributed by atoms with Crippen molar-refractivity contribution in [2.75, 3.05) is 5.32 Å². The quantitative estimate of drug-likeness (QED) is 0.741. The molecule has 0 saturated heterocycles. The predicted octanol–water partition coefficient (Wildman–Crippen LogP) is 3.91. The van der Waals surface area contributed by atoms with Gasteiger partial charge >= 0.3 is 0 Å². The molecule has 118 valence electrons. The molecule has 6 heteroatoms. The Morgan fingerprint density at radius 2 is 1.91 bits per heavy atom. The summed E-state index contributed by atoms with van der Waals surface area (Å²) in [6.45, 7) is 5.74. The highest BCUT2D eigenvalue weighted by Crippen LogP contribution is 2.22. The van der Waals surface area contributed by atoms with Crippen molar-refractivity contribution in [3.8, 4) is 0 Å². The van der Waals surface area contributed by atoms with E-state index in [0.29, 0.717) is 11.3 Å². The third-order valence-electron chi connectivity index (χ3n) is 3.85. The fraction of sp³-hybridized carbons (Fsp3) is 0.235. The van der Waals surface area contributed by atoms with Crippen molar-refractivity contribution in [2.24, 2.45) is 7.05 Å². The number of aromatic nitrogens is 3. The van der Waals surface area contributed by atoms with Crippen molar-refractivity contribution in [1.82, 2.24) is 14.8 Å². The van der Waals surface area contributed by atoms with Gasteiger partial charge in [-0.05, 0) is 50.6 Å². The van der Waals surface area contributed by atoms with Crippen molar-refractivity contribution >= 4 is 38.6 Å². The molecule has 0 aliphatic rings. The summed E-state index contributed by atoms with van der Waals surface area (Å²) in [5, 5.41) is 8.18. The molecular formula is C17H17BrN4O. The third kappa shape index (κ3) is 2.86. The van der Waals surface area contributed by atoms with Crippen molar-refractivity contribution in [3.05, 3.63) is 51.3 Å². The summed E-state index contributed by atoms with van der Waals surface area (Å²) in [7, 11) is 1.85. The van der Waals surface area contributed by atoms with E-state index in [1.165, 1.54) is 0 Å². The monoisotopic (exact) mass is 372 g/mol. The lowest BCUT2D eigenvalue weighted by atomic mass is 10.1. The first-order chi connectivity index (χ1) is 10.9. The Balaban J connectivity index is 1.98. The Morgan fingerprint density at radius 3 is 2.61 bits per heavy atom. The van der Waals surface area contributed by atoms with Crippen LogP contribution in [-0.2, 0) is 7.05 Å². The molecule has 0 radical (unpaired) electrons. The minimum Gasteiger partial charge on any atom is -0.322 e. The molecule has 0 aliphatic heterocycles. The Morgan fingerprint density at radius 1 is 1.17 bits per heavy atom. The van der Waals surface area contributed by atoms with Gasteiger partial charge in [0.05, 0.1) is 17.0 Å². The van der Waals surface area contributed by atoms with Crippen molar-refractivity contribution < 1.29 is 4.79 Å². The largest absolute Gasteiger partial charge is 0.322 e. The van der Waals surface area contributed by atoms with Crippen molar-refractivity contribution in [2.45, 2.75) is 20.8 Å². The number of hydrogen-bond donors (Lipinski definition) is 1. The van der Waals surface area contributed by atoms with Gasteiger partial charge in [-0.3, -0.25) is 9.48 Å². The number of amides is 1. The fourth-order valence-electron chi connectivity index (χ4n) is 2.58. The SMILES string of the molecule is Cc1cc(NC(=O)c2cc3c(C)nn(C)c3nc2C)ccc1Br. The maximum atomic E-state index is 12.6. The van der Waals surface area contributed by atoms with Crippen LogP contribution in [0.5, 0.6) is 0 Å². The number of nitrogens with one attached hydrogen (secondary N) is 1. The Kier molecular flexibility index (Phi) is 3.93. The molecule has 2 heterocycles. The minimum absolute atomic E-state index is 0.165. The summed E-state index contributed by atoms with van der Waals surface area (Å²) >= 11 is 3.46. The molecule has 3 rings (SSSR count). The Bertz CT molecular complexity index is 930. The molecule has 23 heavy (non-hydrogen) atoms. The van der Waals surface area contributed by atoms with Gasteiger partial charge in [0, 0.05) is 22.6 Å². The summed E-state index contributed by atoms with van der Waals surface area (Å²) in [6, 6.07) is 7.58. The maximum absolute atomic E-state index is 12.6. The zero-order chi connectivity index (χ0) is 16.7. The number of aryl methyl sites for hydroxylation is 4. The Hall–Kier alpha value is -2.21. The van der Waals surface area contributed by atoms with Crippen LogP contribution in [0.25, 0.3) is 11.0 Å². The molecule has 1 N–H and O–H groups in total. The van der Waals surface area contributed by atoms with E-state index >= 15 is 0 Å². The summed E-state index contributed by atoms with van der Waals surface area (Å²) in [6.07, 6.45) is 0. The number of pyridine rings is 1. The topological polar surface area (TPSA) is 59.8 Å². The van der Waals surface area contributed by atoms with E-state index < -0.39 is 0 Å². The molecule has 0 aliphatic carbocycles. The van der Waals surface area contributed by atoms with E-state index in [-0.39, 0.29) is 5.91 Å². The van der Waals surface area contributed by atoms with E-state index in [1.54, 1.807) is 4.68 Å². The number of rotatable bonds is 2. The van der Waals surface area contributed by atoms with Crippen LogP contribution >= 0.6 is 15.9 Å². The van der Waals surface area contributed by atoms with E-state index in [1.807, 2.05) is 52.1 Å². The number of hydrogen-bond acceptors (Lipinski definition) is 3. The molecule has 0 atom stereocenters. The third-order valence-corrected chi connectivity index (χ3v) is 4.74. The van der Waals surface area contributed by atoms with Crippen LogP contribution in [0, 0.1) is 20.8 Å². The van der Waals surface area contributed by atoms with E-state index in [2.05, 4.69) is 31.3 Å². The summed E-state index contributed by atoms with van der Waals surface area (Å²) in [5.74, 6) is -0.165. The first-order valence-corrected chi connectivity index (χ1v) is 8.04. The minimum atomic E-state index is -0.165. The van der Waals surface area contributed by atoms with Gasteiger partial charge in [-0.25, -0.2) is 4.98 Å². The highest BCUT2D eigenvalue weighted by Gasteiger charge is 2.15. The van der Waals surface area contributed by atoms with Crippen LogP contribution in [-0.4, -0.2) is 20.7 Å². The van der Waals surface area contributed by atoms with Gasteiger partial charge < -0.3 is 5.32 Å². The molecule has 1 aromatic carbocycles. The van der Waals surface area contributed by atoms with Crippen LogP contribution in [0.1, 0.15) is 27.3 Å². The molecule has 0 bridgehead atoms.